The number of hydrogen-bond donors (Lipinski definition) is 0. The molecule has 88 valence electrons. The van der Waals surface area contributed by atoms with Crippen molar-refractivity contribution in [3.8, 4) is 0 Å². The standard InChI is InChI=1S/C14H14O3/c1-9-10-5-2-3-6-11(17-10)13(9)14(15)12-7-4-8-16-12/h2-11,13H,1H3/t9-,10-,11+,13-/m1/s1. The SMILES string of the molecule is C[C@H]1[C@@H](C(=O)c2ccco2)[C@@H]2C=CC=C[C@H]1O2. The smallest absolute Gasteiger partial charge is 0.204 e. The third kappa shape index (κ3) is 1.67. The van der Waals surface area contributed by atoms with Gasteiger partial charge in [0.25, 0.3) is 0 Å². The molecule has 0 unspecified atom stereocenters. The van der Waals surface area contributed by atoms with Crippen molar-refractivity contribution in [3.05, 3.63) is 48.5 Å². The monoisotopic (exact) mass is 230 g/mol. The Balaban J connectivity index is 1.91. The van der Waals surface area contributed by atoms with Gasteiger partial charge in [-0.3, -0.25) is 4.79 Å². The Kier molecular flexibility index (Phi) is 2.48. The van der Waals surface area contributed by atoms with E-state index in [1.54, 1.807) is 12.1 Å². The van der Waals surface area contributed by atoms with Gasteiger partial charge in [-0.15, -0.1) is 0 Å². The molecule has 2 aliphatic rings. The number of rotatable bonds is 2. The molecule has 1 aromatic rings. The lowest BCUT2D eigenvalue weighted by atomic mass is 9.83. The van der Waals surface area contributed by atoms with E-state index < -0.39 is 0 Å². The first-order valence-corrected chi connectivity index (χ1v) is 5.85. The normalized spacial score (nSPS) is 34.9. The Morgan fingerprint density at radius 3 is 2.71 bits per heavy atom. The number of Topliss-reactive ketones (excluding diaryl/α,β-unsaturated/α-hetero) is 1. The van der Waals surface area contributed by atoms with Crippen molar-refractivity contribution >= 4 is 5.78 Å². The van der Waals surface area contributed by atoms with Crippen molar-refractivity contribution in [2.45, 2.75) is 19.1 Å². The van der Waals surface area contributed by atoms with Crippen LogP contribution in [0.15, 0.2) is 47.1 Å². The van der Waals surface area contributed by atoms with E-state index in [9.17, 15) is 4.79 Å². The number of fused-ring (bicyclic) bond motifs is 2. The van der Waals surface area contributed by atoms with Gasteiger partial charge in [-0.1, -0.05) is 31.2 Å². The highest BCUT2D eigenvalue weighted by atomic mass is 16.5. The Morgan fingerprint density at radius 1 is 1.24 bits per heavy atom. The molecular weight excluding hydrogens is 216 g/mol. The zero-order valence-corrected chi connectivity index (χ0v) is 9.58. The van der Waals surface area contributed by atoms with Crippen LogP contribution in [-0.4, -0.2) is 18.0 Å². The van der Waals surface area contributed by atoms with E-state index in [-0.39, 0.29) is 29.8 Å². The summed E-state index contributed by atoms with van der Waals surface area (Å²) in [6.45, 7) is 2.06. The van der Waals surface area contributed by atoms with Gasteiger partial charge in [0.2, 0.25) is 5.78 Å². The Hall–Kier alpha value is -1.61. The number of allylic oxidation sites excluding steroid dienone is 2. The first-order valence-electron chi connectivity index (χ1n) is 5.85. The molecule has 3 rings (SSSR count). The average molecular weight is 230 g/mol. The number of carbonyl (C=O) groups is 1. The first kappa shape index (κ1) is 10.5. The second-order valence-electron chi connectivity index (χ2n) is 4.56. The van der Waals surface area contributed by atoms with Gasteiger partial charge in [-0.05, 0) is 18.1 Å². The average Bonchev–Trinajstić information content (AvgIpc) is 2.86. The summed E-state index contributed by atoms with van der Waals surface area (Å²) in [5.74, 6) is 0.496. The van der Waals surface area contributed by atoms with Gasteiger partial charge in [0.1, 0.15) is 0 Å². The van der Waals surface area contributed by atoms with Crippen molar-refractivity contribution < 1.29 is 13.9 Å². The van der Waals surface area contributed by atoms with E-state index in [1.807, 2.05) is 24.3 Å². The van der Waals surface area contributed by atoms with Crippen LogP contribution in [0.25, 0.3) is 0 Å². The van der Waals surface area contributed by atoms with Gasteiger partial charge in [-0.2, -0.15) is 0 Å². The summed E-state index contributed by atoms with van der Waals surface area (Å²) in [6, 6.07) is 3.45. The molecule has 1 aromatic heterocycles. The highest BCUT2D eigenvalue weighted by Gasteiger charge is 2.45. The molecule has 1 saturated heterocycles. The van der Waals surface area contributed by atoms with Crippen LogP contribution in [0.4, 0.5) is 0 Å². The minimum atomic E-state index is -0.146. The van der Waals surface area contributed by atoms with Gasteiger partial charge in [0.05, 0.1) is 24.4 Å². The van der Waals surface area contributed by atoms with Crippen LogP contribution in [0.5, 0.6) is 0 Å². The molecule has 17 heavy (non-hydrogen) atoms. The van der Waals surface area contributed by atoms with Gasteiger partial charge < -0.3 is 9.15 Å². The van der Waals surface area contributed by atoms with Gasteiger partial charge in [0.15, 0.2) is 5.76 Å². The number of hydrogen-bond acceptors (Lipinski definition) is 3. The molecule has 0 amide bonds. The van der Waals surface area contributed by atoms with E-state index in [0.717, 1.165) is 0 Å². The van der Waals surface area contributed by atoms with Gasteiger partial charge in [-0.25, -0.2) is 0 Å². The first-order chi connectivity index (χ1) is 8.27. The summed E-state index contributed by atoms with van der Waals surface area (Å²) >= 11 is 0. The third-order valence-electron chi connectivity index (χ3n) is 3.53. The second kappa shape index (κ2) is 4.00. The Bertz CT molecular complexity index is 470. The molecule has 0 spiro atoms. The van der Waals surface area contributed by atoms with Crippen LogP contribution in [0, 0.1) is 11.8 Å². The van der Waals surface area contributed by atoms with Crippen molar-refractivity contribution in [3.63, 3.8) is 0 Å². The molecule has 0 aliphatic carbocycles. The molecule has 0 N–H and O–H groups in total. The fourth-order valence-electron chi connectivity index (χ4n) is 2.60. The number of ether oxygens (including phenoxy) is 1. The lowest BCUT2D eigenvalue weighted by molar-refractivity contribution is 0.0721. The molecular formula is C14H14O3. The maximum Gasteiger partial charge on any atom is 0.204 e. The zero-order valence-electron chi connectivity index (χ0n) is 9.58. The molecule has 0 radical (unpaired) electrons. The summed E-state index contributed by atoms with van der Waals surface area (Å²) in [5.41, 5.74) is 0. The minimum Gasteiger partial charge on any atom is -0.461 e. The van der Waals surface area contributed by atoms with Crippen LogP contribution in [0.2, 0.25) is 0 Å². The third-order valence-corrected chi connectivity index (χ3v) is 3.53. The highest BCUT2D eigenvalue weighted by molar-refractivity contribution is 5.96. The molecule has 0 saturated carbocycles. The van der Waals surface area contributed by atoms with E-state index in [1.165, 1.54) is 6.26 Å². The molecule has 2 bridgehead atoms. The quantitative estimate of drug-likeness (QED) is 0.733. The van der Waals surface area contributed by atoms with Crippen LogP contribution < -0.4 is 0 Å². The maximum absolute atomic E-state index is 12.3. The number of carbonyl (C=O) groups excluding carboxylic acids is 1. The number of furan rings is 1. The Labute approximate surface area is 99.8 Å². The zero-order chi connectivity index (χ0) is 11.8. The fourth-order valence-corrected chi connectivity index (χ4v) is 2.60. The molecule has 0 aromatic carbocycles. The summed E-state index contributed by atoms with van der Waals surface area (Å²) in [6.07, 6.45) is 9.30. The van der Waals surface area contributed by atoms with Crippen molar-refractivity contribution in [2.24, 2.45) is 11.8 Å². The predicted molar refractivity (Wildman–Crippen MR) is 62.6 cm³/mol. The van der Waals surface area contributed by atoms with Crippen LogP contribution in [-0.2, 0) is 4.74 Å². The van der Waals surface area contributed by atoms with E-state index in [0.29, 0.717) is 5.76 Å². The van der Waals surface area contributed by atoms with E-state index >= 15 is 0 Å². The van der Waals surface area contributed by atoms with Crippen molar-refractivity contribution in [2.75, 3.05) is 0 Å². The fraction of sp³-hybridized carbons (Fsp3) is 0.357. The Morgan fingerprint density at radius 2 is 2.00 bits per heavy atom. The lowest BCUT2D eigenvalue weighted by Crippen LogP contribution is -2.27. The number of ketones is 1. The van der Waals surface area contributed by atoms with Gasteiger partial charge in [0, 0.05) is 0 Å². The lowest BCUT2D eigenvalue weighted by Gasteiger charge is -2.16. The predicted octanol–water partition coefficient (Wildman–Crippen LogP) is 2.61. The van der Waals surface area contributed by atoms with Gasteiger partial charge >= 0.3 is 0 Å². The molecule has 1 fully saturated rings. The maximum atomic E-state index is 12.3. The second-order valence-corrected chi connectivity index (χ2v) is 4.56. The van der Waals surface area contributed by atoms with E-state index in [2.05, 4.69) is 6.92 Å². The molecule has 3 heteroatoms. The van der Waals surface area contributed by atoms with Crippen LogP contribution in [0.3, 0.4) is 0 Å². The van der Waals surface area contributed by atoms with Crippen molar-refractivity contribution in [1.82, 2.24) is 0 Å². The minimum absolute atomic E-state index is 0.0268. The highest BCUT2D eigenvalue weighted by Crippen LogP contribution is 2.37. The largest absolute Gasteiger partial charge is 0.461 e. The topological polar surface area (TPSA) is 39.4 Å². The van der Waals surface area contributed by atoms with Crippen LogP contribution in [0.1, 0.15) is 17.5 Å². The molecule has 3 heterocycles. The molecule has 3 nitrogen and oxygen atoms in total. The molecule has 2 aliphatic heterocycles. The summed E-state index contributed by atoms with van der Waals surface area (Å²) in [4.78, 5) is 12.3. The summed E-state index contributed by atoms with van der Waals surface area (Å²) in [5, 5.41) is 0. The van der Waals surface area contributed by atoms with Crippen LogP contribution >= 0.6 is 0 Å². The summed E-state index contributed by atoms with van der Waals surface area (Å²) < 4.78 is 11.0. The summed E-state index contributed by atoms with van der Waals surface area (Å²) in [7, 11) is 0. The van der Waals surface area contributed by atoms with Crippen molar-refractivity contribution in [1.29, 1.82) is 0 Å². The molecule has 4 atom stereocenters. The van der Waals surface area contributed by atoms with E-state index in [4.69, 9.17) is 9.15 Å².